The lowest BCUT2D eigenvalue weighted by Gasteiger charge is -2.34. The standard InChI is InChI=1S/C43H90N6O8Si4/c1-38(2)43(54)55-30-24-29-48(4,5)35-40(51)45-26-17-21-32-60(12,13)57-61(14,15)34-23-19-28-47-42(53)37-49(6,7)36-41(52)46-27-18-22-33-59(10,11)56-58(8,9)31-20-16-25-44-39(3)50/h1,16-37H2,2-15H3,(H2-2,44,45,46,47,50,51,52,53)/p+2. The zero-order chi connectivity index (χ0) is 47.0. The largest absolute Gasteiger partial charge is 0.462 e. The number of likely N-dealkylation sites (N-methyl/N-ethyl adjacent to an activating group) is 2. The zero-order valence-corrected chi connectivity index (χ0v) is 45.4. The minimum Gasteiger partial charge on any atom is -0.462 e. The van der Waals surface area contributed by atoms with Crippen LogP contribution in [0.1, 0.15) is 71.6 Å². The summed E-state index contributed by atoms with van der Waals surface area (Å²) < 4.78 is 19.6. The lowest BCUT2D eigenvalue weighted by molar-refractivity contribution is -0.882. The number of nitrogens with zero attached hydrogens (tertiary/aromatic N) is 2. The molecule has 0 rings (SSSR count). The Morgan fingerprint density at radius 3 is 1.10 bits per heavy atom. The summed E-state index contributed by atoms with van der Waals surface area (Å²) in [7, 11) is 0.549. The first-order chi connectivity index (χ1) is 28.0. The highest BCUT2D eigenvalue weighted by Crippen LogP contribution is 2.26. The van der Waals surface area contributed by atoms with E-state index in [1.807, 2.05) is 28.2 Å². The molecular formula is C43H92N6O8Si4+2. The van der Waals surface area contributed by atoms with Gasteiger partial charge in [0.25, 0.3) is 17.7 Å². The maximum absolute atomic E-state index is 12.8. The fourth-order valence-electron chi connectivity index (χ4n) is 7.60. The molecule has 0 aromatic carbocycles. The van der Waals surface area contributed by atoms with E-state index < -0.39 is 33.3 Å². The first-order valence-corrected chi connectivity index (χ1v) is 35.3. The van der Waals surface area contributed by atoms with Crippen molar-refractivity contribution in [1.82, 2.24) is 21.3 Å². The van der Waals surface area contributed by atoms with Crippen molar-refractivity contribution < 1.29 is 45.9 Å². The number of carbonyl (C=O) groups is 5. The van der Waals surface area contributed by atoms with Crippen LogP contribution in [0.5, 0.6) is 0 Å². The monoisotopic (exact) mass is 933 g/mol. The maximum atomic E-state index is 12.8. The van der Waals surface area contributed by atoms with Crippen molar-refractivity contribution in [2.24, 2.45) is 0 Å². The zero-order valence-electron chi connectivity index (χ0n) is 41.4. The normalized spacial score (nSPS) is 12.8. The third kappa shape index (κ3) is 34.0. The summed E-state index contributed by atoms with van der Waals surface area (Å²) in [5.74, 6) is -0.398. The van der Waals surface area contributed by atoms with Crippen LogP contribution in [0.25, 0.3) is 0 Å². The van der Waals surface area contributed by atoms with E-state index in [2.05, 4.69) is 80.2 Å². The number of quaternary nitrogens is 2. The minimum absolute atomic E-state index is 0.0222. The SMILES string of the molecule is C=C(C)C(=O)OCCC[N+](C)(C)CC(=O)NCCCC[Si](C)(C)O[Si](C)(C)CCCCNC(=O)C[N+](C)(C)CC(=O)NCCCC[Si](C)(C)O[Si](C)(C)CCCCNC(C)=O. The number of esters is 1. The van der Waals surface area contributed by atoms with Crippen LogP contribution < -0.4 is 21.3 Å². The predicted octanol–water partition coefficient (Wildman–Crippen LogP) is 6.11. The average Bonchev–Trinajstić information content (AvgIpc) is 3.07. The molecule has 356 valence electrons. The summed E-state index contributed by atoms with van der Waals surface area (Å²) in [6, 6.07) is 4.24. The topological polar surface area (TPSA) is 161 Å². The van der Waals surface area contributed by atoms with Crippen molar-refractivity contribution >= 4 is 62.9 Å². The Kier molecular flexibility index (Phi) is 27.5. The number of nitrogens with one attached hydrogen (secondary N) is 4. The van der Waals surface area contributed by atoms with E-state index in [4.69, 9.17) is 13.0 Å². The molecule has 0 aliphatic carbocycles. The summed E-state index contributed by atoms with van der Waals surface area (Å²) in [6.07, 6.45) is 8.48. The molecule has 0 saturated carbocycles. The highest BCUT2D eigenvalue weighted by molar-refractivity contribution is 6.85. The number of unbranched alkanes of at least 4 members (excludes halogenated alkanes) is 4. The molecule has 0 bridgehead atoms. The molecule has 14 nitrogen and oxygen atoms in total. The van der Waals surface area contributed by atoms with Crippen molar-refractivity contribution in [3.05, 3.63) is 12.2 Å². The van der Waals surface area contributed by atoms with Gasteiger partial charge in [-0.05, 0) is 109 Å². The molecule has 4 N–H and O–H groups in total. The van der Waals surface area contributed by atoms with Gasteiger partial charge in [-0.3, -0.25) is 19.2 Å². The second-order valence-corrected chi connectivity index (χ2v) is 38.7. The van der Waals surface area contributed by atoms with Gasteiger partial charge in [0.05, 0.1) is 41.3 Å². The lowest BCUT2D eigenvalue weighted by Crippen LogP contribution is -2.52. The molecule has 61 heavy (non-hydrogen) atoms. The van der Waals surface area contributed by atoms with Crippen LogP contribution in [0.4, 0.5) is 0 Å². The van der Waals surface area contributed by atoms with Crippen molar-refractivity contribution in [3.63, 3.8) is 0 Å². The number of hydrogen-bond donors (Lipinski definition) is 4. The minimum atomic E-state index is -1.87. The highest BCUT2D eigenvalue weighted by Gasteiger charge is 2.33. The average molecular weight is 934 g/mol. The molecule has 0 aliphatic rings. The van der Waals surface area contributed by atoms with Crippen molar-refractivity contribution in [2.75, 3.05) is 87.2 Å². The molecule has 18 heteroatoms. The molecule has 0 radical (unpaired) electrons. The van der Waals surface area contributed by atoms with Crippen LogP contribution in [-0.2, 0) is 36.9 Å². The van der Waals surface area contributed by atoms with E-state index in [9.17, 15) is 24.0 Å². The van der Waals surface area contributed by atoms with Gasteiger partial charge in [0, 0.05) is 45.1 Å². The molecule has 0 aliphatic heterocycles. The molecule has 4 amide bonds. The van der Waals surface area contributed by atoms with Gasteiger partial charge < -0.3 is 43.2 Å². The first kappa shape index (κ1) is 58.8. The number of amides is 4. The van der Waals surface area contributed by atoms with Gasteiger partial charge >= 0.3 is 5.97 Å². The van der Waals surface area contributed by atoms with Gasteiger partial charge in [-0.15, -0.1) is 0 Å². The van der Waals surface area contributed by atoms with Crippen LogP contribution in [-0.4, -0.2) is 159 Å². The number of hydrogen-bond acceptors (Lipinski definition) is 8. The van der Waals surface area contributed by atoms with Gasteiger partial charge in [-0.25, -0.2) is 4.79 Å². The predicted molar refractivity (Wildman–Crippen MR) is 260 cm³/mol. The summed E-state index contributed by atoms with van der Waals surface area (Å²) >= 11 is 0. The Morgan fingerprint density at radius 1 is 0.475 bits per heavy atom. The van der Waals surface area contributed by atoms with Gasteiger partial charge in [0.2, 0.25) is 5.91 Å². The van der Waals surface area contributed by atoms with Gasteiger partial charge in [0.15, 0.2) is 52.9 Å². The molecule has 0 aromatic rings. The summed E-state index contributed by atoms with van der Waals surface area (Å²) in [4.78, 5) is 60.7. The molecule has 0 fully saturated rings. The summed E-state index contributed by atoms with van der Waals surface area (Å²) in [5.41, 5.74) is 0.389. The first-order valence-electron chi connectivity index (χ1n) is 22.9. The lowest BCUT2D eigenvalue weighted by atomic mass is 10.3. The molecule has 0 spiro atoms. The second kappa shape index (κ2) is 28.6. The van der Waals surface area contributed by atoms with Crippen LogP contribution in [0.2, 0.25) is 76.6 Å². The van der Waals surface area contributed by atoms with Crippen LogP contribution in [0.3, 0.4) is 0 Å². The summed E-state index contributed by atoms with van der Waals surface area (Å²) in [5, 5.41) is 12.1. The molecular weight excluding hydrogens is 841 g/mol. The van der Waals surface area contributed by atoms with E-state index in [1.54, 1.807) is 13.8 Å². The Balaban J connectivity index is 4.28. The molecule has 0 saturated heterocycles. The van der Waals surface area contributed by atoms with E-state index in [0.29, 0.717) is 53.7 Å². The third-order valence-electron chi connectivity index (χ3n) is 10.5. The van der Waals surface area contributed by atoms with Gasteiger partial charge in [0.1, 0.15) is 0 Å². The Hall–Kier alpha value is -2.20. The Bertz CT molecular complexity index is 1380. The van der Waals surface area contributed by atoms with Crippen LogP contribution >= 0.6 is 0 Å². The molecule has 0 heterocycles. The maximum Gasteiger partial charge on any atom is 0.333 e. The highest BCUT2D eigenvalue weighted by atomic mass is 28.4. The fourth-order valence-corrected chi connectivity index (χ4v) is 25.6. The Labute approximate surface area is 376 Å². The molecule has 0 unspecified atom stereocenters. The van der Waals surface area contributed by atoms with Crippen LogP contribution in [0, 0.1) is 0 Å². The van der Waals surface area contributed by atoms with Crippen molar-refractivity contribution in [3.8, 4) is 0 Å². The van der Waals surface area contributed by atoms with Crippen molar-refractivity contribution in [2.45, 2.75) is 148 Å². The fraction of sp³-hybridized carbons (Fsp3) is 0.837. The van der Waals surface area contributed by atoms with Crippen molar-refractivity contribution in [1.29, 1.82) is 0 Å². The molecule has 0 aromatic heterocycles. The van der Waals surface area contributed by atoms with Gasteiger partial charge in [-0.2, -0.15) is 0 Å². The van der Waals surface area contributed by atoms with E-state index >= 15 is 0 Å². The van der Waals surface area contributed by atoms with E-state index in [-0.39, 0.29) is 42.7 Å². The molecule has 0 atom stereocenters. The van der Waals surface area contributed by atoms with Gasteiger partial charge in [-0.1, -0.05) is 32.3 Å². The smallest absolute Gasteiger partial charge is 0.333 e. The van der Waals surface area contributed by atoms with Crippen LogP contribution in [0.15, 0.2) is 12.2 Å². The number of ether oxygens (including phenoxy) is 1. The number of carbonyl (C=O) groups excluding carboxylic acids is 5. The van der Waals surface area contributed by atoms with E-state index in [1.165, 1.54) is 0 Å². The quantitative estimate of drug-likeness (QED) is 0.0195. The second-order valence-electron chi connectivity index (χ2n) is 20.9. The van der Waals surface area contributed by atoms with E-state index in [0.717, 1.165) is 88.6 Å². The third-order valence-corrected chi connectivity index (χ3v) is 25.5. The Morgan fingerprint density at radius 2 is 0.787 bits per heavy atom. The number of rotatable bonds is 35. The summed E-state index contributed by atoms with van der Waals surface area (Å²) in [6.45, 7) is 29.7.